The molecule has 0 saturated heterocycles. The summed E-state index contributed by atoms with van der Waals surface area (Å²) in [6.45, 7) is 4.99. The Hall–Kier alpha value is -1.84. The highest BCUT2D eigenvalue weighted by Gasteiger charge is 2.51. The van der Waals surface area contributed by atoms with Crippen LogP contribution >= 0.6 is 0 Å². The topological polar surface area (TPSA) is 39.9 Å². The van der Waals surface area contributed by atoms with Gasteiger partial charge in [0.2, 0.25) is 0 Å². The molecule has 0 unspecified atom stereocenters. The first kappa shape index (κ1) is 19.5. The number of hydrogen-bond acceptors (Lipinski definition) is 3. The first-order valence-electron chi connectivity index (χ1n) is 11.3. The van der Waals surface area contributed by atoms with Gasteiger partial charge in [0.15, 0.2) is 5.82 Å². The summed E-state index contributed by atoms with van der Waals surface area (Å²) in [5.74, 6) is 3.02. The van der Waals surface area contributed by atoms with E-state index < -0.39 is 0 Å². The molecule has 5 rings (SSSR count). The van der Waals surface area contributed by atoms with E-state index in [1.165, 1.54) is 70.0 Å². The Labute approximate surface area is 169 Å². The molecule has 3 aliphatic rings. The average molecular weight is 382 g/mol. The van der Waals surface area contributed by atoms with E-state index in [1.807, 2.05) is 19.1 Å². The van der Waals surface area contributed by atoms with E-state index in [1.54, 1.807) is 0 Å². The molecule has 3 fully saturated rings. The third-order valence-electron chi connectivity index (χ3n) is 7.49. The number of rotatable bonds is 8. The molecule has 0 N–H and O–H groups in total. The van der Waals surface area contributed by atoms with E-state index in [-0.39, 0.29) is 5.41 Å². The molecule has 0 aliphatic heterocycles. The number of unbranched alkanes of at least 4 members (excludes halogenated alkanes) is 2. The number of fused-ring (bicyclic) bond motifs is 3. The Balaban J connectivity index is 1.56. The summed E-state index contributed by atoms with van der Waals surface area (Å²) in [5, 5.41) is 9.37. The molecular formula is C24H35N3O. The summed E-state index contributed by atoms with van der Waals surface area (Å²) < 4.78 is 8.08. The monoisotopic (exact) mass is 381 g/mol. The van der Waals surface area contributed by atoms with Crippen LogP contribution in [-0.2, 0) is 12.5 Å². The predicted molar refractivity (Wildman–Crippen MR) is 114 cm³/mol. The summed E-state index contributed by atoms with van der Waals surface area (Å²) in [5.41, 5.74) is 1.90. The molecule has 2 bridgehead atoms. The van der Waals surface area contributed by atoms with Gasteiger partial charge in [0.1, 0.15) is 11.6 Å². The highest BCUT2D eigenvalue weighted by Crippen LogP contribution is 2.59. The molecule has 28 heavy (non-hydrogen) atoms. The lowest BCUT2D eigenvalue weighted by Crippen LogP contribution is -2.45. The molecule has 152 valence electrons. The average Bonchev–Trinajstić information content (AvgIpc) is 3.12. The van der Waals surface area contributed by atoms with Crippen molar-refractivity contribution in [2.24, 2.45) is 12.5 Å². The molecule has 1 aromatic carbocycles. The van der Waals surface area contributed by atoms with Gasteiger partial charge in [-0.2, -0.15) is 0 Å². The molecule has 0 amide bonds. The molecular weight excluding hydrogens is 346 g/mol. The zero-order valence-corrected chi connectivity index (χ0v) is 17.8. The van der Waals surface area contributed by atoms with Gasteiger partial charge in [0.05, 0.1) is 12.2 Å². The summed E-state index contributed by atoms with van der Waals surface area (Å²) >= 11 is 0. The second kappa shape index (κ2) is 7.88. The molecule has 1 heterocycles. The minimum atomic E-state index is 0.229. The Morgan fingerprint density at radius 1 is 0.964 bits per heavy atom. The van der Waals surface area contributed by atoms with Crippen molar-refractivity contribution in [3.05, 3.63) is 30.1 Å². The van der Waals surface area contributed by atoms with Crippen LogP contribution in [0.1, 0.15) is 83.9 Å². The largest absolute Gasteiger partial charge is 0.493 e. The smallest absolute Gasteiger partial charge is 0.167 e. The SMILES string of the molecule is CCCCCC12CCC(c3nnc(-c4ccccc4OCC)n3C)(CC1)CC2. The maximum absolute atomic E-state index is 5.84. The second-order valence-electron chi connectivity index (χ2n) is 9.07. The Kier molecular flexibility index (Phi) is 5.48. The van der Waals surface area contributed by atoms with Gasteiger partial charge in [-0.05, 0) is 69.4 Å². The van der Waals surface area contributed by atoms with E-state index in [0.29, 0.717) is 12.0 Å². The predicted octanol–water partition coefficient (Wildman–Crippen LogP) is 6.05. The minimum absolute atomic E-state index is 0.229. The van der Waals surface area contributed by atoms with Gasteiger partial charge in [0.25, 0.3) is 0 Å². The molecule has 4 nitrogen and oxygen atoms in total. The number of hydrogen-bond donors (Lipinski definition) is 0. The standard InChI is InChI=1S/C24H35N3O/c1-4-6-9-12-23-13-16-24(17-14-23,18-15-23)22-26-25-21(27(22)3)19-10-7-8-11-20(19)28-5-2/h7-8,10-11H,4-6,9,12-18H2,1-3H3. The van der Waals surface area contributed by atoms with Gasteiger partial charge in [-0.15, -0.1) is 10.2 Å². The van der Waals surface area contributed by atoms with Crippen molar-refractivity contribution in [1.29, 1.82) is 0 Å². The summed E-state index contributed by atoms with van der Waals surface area (Å²) in [6.07, 6.45) is 13.5. The first-order valence-corrected chi connectivity index (χ1v) is 11.3. The van der Waals surface area contributed by atoms with Crippen molar-refractivity contribution in [2.75, 3.05) is 6.61 Å². The third-order valence-corrected chi connectivity index (χ3v) is 7.49. The number of ether oxygens (including phenoxy) is 1. The quantitative estimate of drug-likeness (QED) is 0.522. The van der Waals surface area contributed by atoms with Gasteiger partial charge < -0.3 is 9.30 Å². The molecule has 4 heteroatoms. The third kappa shape index (κ3) is 3.35. The van der Waals surface area contributed by atoms with E-state index in [2.05, 4.69) is 35.8 Å². The van der Waals surface area contributed by atoms with Crippen molar-refractivity contribution in [3.8, 4) is 17.1 Å². The normalized spacial score (nSPS) is 26.5. The van der Waals surface area contributed by atoms with E-state index >= 15 is 0 Å². The second-order valence-corrected chi connectivity index (χ2v) is 9.07. The van der Waals surface area contributed by atoms with Gasteiger partial charge >= 0.3 is 0 Å². The van der Waals surface area contributed by atoms with Crippen molar-refractivity contribution in [2.45, 2.75) is 83.5 Å². The van der Waals surface area contributed by atoms with Crippen molar-refractivity contribution < 1.29 is 4.74 Å². The van der Waals surface area contributed by atoms with Crippen molar-refractivity contribution in [3.63, 3.8) is 0 Å². The van der Waals surface area contributed by atoms with E-state index in [9.17, 15) is 0 Å². The maximum Gasteiger partial charge on any atom is 0.167 e. The van der Waals surface area contributed by atoms with Crippen LogP contribution in [0.15, 0.2) is 24.3 Å². The number of benzene rings is 1. The fraction of sp³-hybridized carbons (Fsp3) is 0.667. The Morgan fingerprint density at radius 3 is 2.36 bits per heavy atom. The van der Waals surface area contributed by atoms with Gasteiger partial charge in [-0.1, -0.05) is 38.3 Å². The Bertz CT molecular complexity index is 785. The van der Waals surface area contributed by atoms with Gasteiger partial charge in [-0.25, -0.2) is 0 Å². The fourth-order valence-electron chi connectivity index (χ4n) is 5.68. The highest BCUT2D eigenvalue weighted by molar-refractivity contribution is 5.64. The van der Waals surface area contributed by atoms with Gasteiger partial charge in [0, 0.05) is 12.5 Å². The fourth-order valence-corrected chi connectivity index (χ4v) is 5.68. The number of para-hydroxylation sites is 1. The maximum atomic E-state index is 5.84. The lowest BCUT2D eigenvalue weighted by molar-refractivity contribution is 0.0250. The first-order chi connectivity index (χ1) is 13.6. The molecule has 1 aromatic heterocycles. The van der Waals surface area contributed by atoms with Crippen LogP contribution in [-0.4, -0.2) is 21.4 Å². The molecule has 3 aliphatic carbocycles. The zero-order chi connectivity index (χ0) is 19.6. The molecule has 0 atom stereocenters. The van der Waals surface area contributed by atoms with Crippen LogP contribution in [0.3, 0.4) is 0 Å². The van der Waals surface area contributed by atoms with Gasteiger partial charge in [-0.3, -0.25) is 0 Å². The molecule has 3 saturated carbocycles. The lowest BCUT2D eigenvalue weighted by atomic mass is 9.52. The van der Waals surface area contributed by atoms with Crippen molar-refractivity contribution >= 4 is 0 Å². The zero-order valence-electron chi connectivity index (χ0n) is 17.8. The molecule has 0 radical (unpaired) electrons. The summed E-state index contributed by atoms with van der Waals surface area (Å²) in [7, 11) is 2.14. The Morgan fingerprint density at radius 2 is 1.68 bits per heavy atom. The van der Waals surface area contributed by atoms with Crippen molar-refractivity contribution in [1.82, 2.24) is 14.8 Å². The number of nitrogens with zero attached hydrogens (tertiary/aromatic N) is 3. The number of aromatic nitrogens is 3. The summed E-state index contributed by atoms with van der Waals surface area (Å²) in [4.78, 5) is 0. The minimum Gasteiger partial charge on any atom is -0.493 e. The summed E-state index contributed by atoms with van der Waals surface area (Å²) in [6, 6.07) is 8.19. The van der Waals surface area contributed by atoms with Crippen LogP contribution < -0.4 is 4.74 Å². The van der Waals surface area contributed by atoms with E-state index in [4.69, 9.17) is 9.84 Å². The molecule has 2 aromatic rings. The van der Waals surface area contributed by atoms with Crippen LogP contribution in [0.2, 0.25) is 0 Å². The van der Waals surface area contributed by atoms with Crippen LogP contribution in [0.5, 0.6) is 5.75 Å². The molecule has 0 spiro atoms. The van der Waals surface area contributed by atoms with Crippen LogP contribution in [0, 0.1) is 5.41 Å². The van der Waals surface area contributed by atoms with E-state index in [0.717, 1.165) is 17.1 Å². The lowest BCUT2D eigenvalue weighted by Gasteiger charge is -2.53. The van der Waals surface area contributed by atoms with Crippen LogP contribution in [0.4, 0.5) is 0 Å². The van der Waals surface area contributed by atoms with Crippen LogP contribution in [0.25, 0.3) is 11.4 Å². The highest BCUT2D eigenvalue weighted by atomic mass is 16.5.